The monoisotopic (exact) mass is 232 g/mol. The Labute approximate surface area is 95.7 Å². The summed E-state index contributed by atoms with van der Waals surface area (Å²) in [6.07, 6.45) is 1.11. The highest BCUT2D eigenvalue weighted by atomic mass is 35.5. The number of nitrogens with zero attached hydrogens (tertiary/aromatic N) is 1. The van der Waals surface area contributed by atoms with E-state index in [0.717, 1.165) is 32.6 Å². The summed E-state index contributed by atoms with van der Waals surface area (Å²) in [5, 5.41) is 3.30. The normalized spacial score (nSPS) is 38.1. The third-order valence-corrected chi connectivity index (χ3v) is 3.79. The fourth-order valence-corrected chi connectivity index (χ4v) is 2.75. The number of ether oxygens (including phenoxy) is 1. The summed E-state index contributed by atoms with van der Waals surface area (Å²) >= 11 is 0. The molecule has 15 heavy (non-hydrogen) atoms. The third kappa shape index (κ3) is 1.65. The summed E-state index contributed by atoms with van der Waals surface area (Å²) in [6, 6.07) is 0. The summed E-state index contributed by atoms with van der Waals surface area (Å²) in [6.45, 7) is 4.92. The molecule has 3 aliphatic rings. The molecule has 2 atom stereocenters. The number of nitrogens with one attached hydrogen (secondary N) is 1. The average molecular weight is 233 g/mol. The van der Waals surface area contributed by atoms with Crippen molar-refractivity contribution < 1.29 is 9.53 Å². The number of morpholine rings is 1. The van der Waals surface area contributed by atoms with Crippen LogP contribution in [0.5, 0.6) is 0 Å². The van der Waals surface area contributed by atoms with Gasteiger partial charge in [-0.1, -0.05) is 0 Å². The molecule has 3 rings (SSSR count). The number of hydrogen-bond donors (Lipinski definition) is 1. The minimum atomic E-state index is -0.00264. The zero-order chi connectivity index (χ0) is 9.60. The van der Waals surface area contributed by atoms with Gasteiger partial charge in [0.2, 0.25) is 5.91 Å². The van der Waals surface area contributed by atoms with Crippen LogP contribution in [0.2, 0.25) is 0 Å². The summed E-state index contributed by atoms with van der Waals surface area (Å²) in [5.74, 6) is 0.994. The van der Waals surface area contributed by atoms with Crippen LogP contribution in [0, 0.1) is 11.3 Å². The van der Waals surface area contributed by atoms with Crippen LogP contribution in [0.15, 0.2) is 0 Å². The van der Waals surface area contributed by atoms with Crippen molar-refractivity contribution in [3.05, 3.63) is 0 Å². The molecule has 1 saturated carbocycles. The van der Waals surface area contributed by atoms with Crippen LogP contribution in [0.4, 0.5) is 0 Å². The minimum absolute atomic E-state index is 0. The Hall–Kier alpha value is -0.320. The largest absolute Gasteiger partial charge is 0.378 e. The third-order valence-electron chi connectivity index (χ3n) is 3.79. The van der Waals surface area contributed by atoms with E-state index in [0.29, 0.717) is 25.0 Å². The van der Waals surface area contributed by atoms with Gasteiger partial charge in [0.15, 0.2) is 0 Å². The molecule has 2 unspecified atom stereocenters. The second kappa shape index (κ2) is 3.92. The quantitative estimate of drug-likeness (QED) is 0.685. The van der Waals surface area contributed by atoms with Crippen molar-refractivity contribution in [2.75, 3.05) is 39.4 Å². The molecule has 1 N–H and O–H groups in total. The SMILES string of the molecule is Cl.O=C(N1CCOCC1)C12CNCC1C2. The van der Waals surface area contributed by atoms with Crippen molar-refractivity contribution >= 4 is 18.3 Å². The van der Waals surface area contributed by atoms with E-state index in [2.05, 4.69) is 5.32 Å². The fourth-order valence-electron chi connectivity index (χ4n) is 2.75. The van der Waals surface area contributed by atoms with Crippen molar-refractivity contribution in [1.82, 2.24) is 10.2 Å². The molecule has 3 fully saturated rings. The lowest BCUT2D eigenvalue weighted by Crippen LogP contribution is -2.45. The van der Waals surface area contributed by atoms with Gasteiger partial charge in [0.25, 0.3) is 0 Å². The van der Waals surface area contributed by atoms with Crippen LogP contribution in [-0.2, 0) is 9.53 Å². The van der Waals surface area contributed by atoms with Crippen LogP contribution in [0.3, 0.4) is 0 Å². The summed E-state index contributed by atoms with van der Waals surface area (Å²) < 4.78 is 5.25. The van der Waals surface area contributed by atoms with Crippen LogP contribution >= 0.6 is 12.4 Å². The van der Waals surface area contributed by atoms with Crippen LogP contribution in [0.25, 0.3) is 0 Å². The van der Waals surface area contributed by atoms with E-state index in [1.807, 2.05) is 4.90 Å². The molecule has 2 heterocycles. The number of halogens is 1. The number of carbonyl (C=O) groups excluding carboxylic acids is 1. The molecule has 2 aliphatic heterocycles. The average Bonchev–Trinajstić information content (AvgIpc) is 2.82. The second-order valence-electron chi connectivity index (χ2n) is 4.59. The van der Waals surface area contributed by atoms with Crippen molar-refractivity contribution in [2.24, 2.45) is 11.3 Å². The fraction of sp³-hybridized carbons (Fsp3) is 0.900. The number of rotatable bonds is 1. The molecule has 0 bridgehead atoms. The van der Waals surface area contributed by atoms with Gasteiger partial charge in [-0.3, -0.25) is 4.79 Å². The van der Waals surface area contributed by atoms with Crippen LogP contribution < -0.4 is 5.32 Å². The first kappa shape index (κ1) is 11.2. The van der Waals surface area contributed by atoms with Gasteiger partial charge < -0.3 is 15.0 Å². The Morgan fingerprint density at radius 1 is 1.40 bits per heavy atom. The highest BCUT2D eigenvalue weighted by molar-refractivity contribution is 5.87. The zero-order valence-electron chi connectivity index (χ0n) is 8.70. The molecule has 2 saturated heterocycles. The number of fused-ring (bicyclic) bond motifs is 1. The maximum atomic E-state index is 12.2. The Morgan fingerprint density at radius 2 is 2.13 bits per heavy atom. The van der Waals surface area contributed by atoms with Gasteiger partial charge in [-0.25, -0.2) is 0 Å². The number of carbonyl (C=O) groups is 1. The van der Waals surface area contributed by atoms with Crippen molar-refractivity contribution in [2.45, 2.75) is 6.42 Å². The van der Waals surface area contributed by atoms with Crippen molar-refractivity contribution in [3.8, 4) is 0 Å². The summed E-state index contributed by atoms with van der Waals surface area (Å²) in [5.41, 5.74) is -0.00264. The first-order valence-corrected chi connectivity index (χ1v) is 5.41. The number of piperidine rings is 1. The van der Waals surface area contributed by atoms with E-state index in [1.165, 1.54) is 0 Å². The predicted octanol–water partition coefficient (Wildman–Crippen LogP) is -0.124. The zero-order valence-corrected chi connectivity index (χ0v) is 9.52. The lowest BCUT2D eigenvalue weighted by molar-refractivity contribution is -0.140. The van der Waals surface area contributed by atoms with E-state index < -0.39 is 0 Å². The molecule has 86 valence electrons. The van der Waals surface area contributed by atoms with Gasteiger partial charge in [0, 0.05) is 19.6 Å². The molecular weight excluding hydrogens is 216 g/mol. The van der Waals surface area contributed by atoms with E-state index >= 15 is 0 Å². The lowest BCUT2D eigenvalue weighted by atomic mass is 10.0. The molecule has 0 radical (unpaired) electrons. The van der Waals surface area contributed by atoms with Gasteiger partial charge in [0.05, 0.1) is 18.6 Å². The Morgan fingerprint density at radius 3 is 2.67 bits per heavy atom. The Kier molecular flexibility index (Phi) is 2.92. The van der Waals surface area contributed by atoms with Crippen LogP contribution in [-0.4, -0.2) is 50.2 Å². The molecule has 0 aromatic heterocycles. The van der Waals surface area contributed by atoms with E-state index in [4.69, 9.17) is 4.74 Å². The Bertz CT molecular complexity index is 268. The Balaban J connectivity index is 0.000000853. The molecule has 0 aromatic rings. The van der Waals surface area contributed by atoms with Gasteiger partial charge in [0.1, 0.15) is 0 Å². The summed E-state index contributed by atoms with van der Waals surface area (Å²) in [7, 11) is 0. The predicted molar refractivity (Wildman–Crippen MR) is 58.1 cm³/mol. The molecule has 5 heteroatoms. The standard InChI is InChI=1S/C10H16N2O2.ClH/c13-9(12-1-3-14-4-2-12)10-5-8(10)6-11-7-10;/h8,11H,1-7H2;1H. The molecule has 4 nitrogen and oxygen atoms in total. The topological polar surface area (TPSA) is 41.6 Å². The number of amides is 1. The van der Waals surface area contributed by atoms with Crippen molar-refractivity contribution in [1.29, 1.82) is 0 Å². The smallest absolute Gasteiger partial charge is 0.230 e. The second-order valence-corrected chi connectivity index (χ2v) is 4.59. The van der Waals surface area contributed by atoms with Crippen molar-refractivity contribution in [3.63, 3.8) is 0 Å². The minimum Gasteiger partial charge on any atom is -0.378 e. The van der Waals surface area contributed by atoms with Gasteiger partial charge in [-0.2, -0.15) is 0 Å². The molecular formula is C10H17ClN2O2. The highest BCUT2D eigenvalue weighted by Gasteiger charge is 2.63. The summed E-state index contributed by atoms with van der Waals surface area (Å²) in [4.78, 5) is 14.2. The molecule has 0 aromatic carbocycles. The molecule has 1 amide bonds. The van der Waals surface area contributed by atoms with E-state index in [9.17, 15) is 4.79 Å². The maximum absolute atomic E-state index is 12.2. The molecule has 1 aliphatic carbocycles. The first-order chi connectivity index (χ1) is 6.83. The number of hydrogen-bond acceptors (Lipinski definition) is 3. The van der Waals surface area contributed by atoms with Gasteiger partial charge in [-0.05, 0) is 18.9 Å². The van der Waals surface area contributed by atoms with Crippen LogP contribution in [0.1, 0.15) is 6.42 Å². The lowest BCUT2D eigenvalue weighted by Gasteiger charge is -2.29. The van der Waals surface area contributed by atoms with E-state index in [1.54, 1.807) is 0 Å². The maximum Gasteiger partial charge on any atom is 0.230 e. The first-order valence-electron chi connectivity index (χ1n) is 5.41. The highest BCUT2D eigenvalue weighted by Crippen LogP contribution is 2.55. The van der Waals surface area contributed by atoms with E-state index in [-0.39, 0.29) is 17.8 Å². The van der Waals surface area contributed by atoms with Gasteiger partial charge >= 0.3 is 0 Å². The van der Waals surface area contributed by atoms with Gasteiger partial charge in [-0.15, -0.1) is 12.4 Å². The molecule has 0 spiro atoms.